The van der Waals surface area contributed by atoms with E-state index in [1.165, 1.54) is 32.1 Å². The van der Waals surface area contributed by atoms with Crippen LogP contribution in [0.25, 0.3) is 0 Å². The van der Waals surface area contributed by atoms with Crippen molar-refractivity contribution in [3.05, 3.63) is 0 Å². The summed E-state index contributed by atoms with van der Waals surface area (Å²) in [6, 6.07) is 0.419. The van der Waals surface area contributed by atoms with Crippen LogP contribution in [-0.4, -0.2) is 41.8 Å². The normalized spacial score (nSPS) is 39.4. The number of aliphatic hydroxyl groups excluding tert-OH is 1. The van der Waals surface area contributed by atoms with Gasteiger partial charge in [-0.25, -0.2) is 4.79 Å². The number of amides is 2. The number of likely N-dealkylation sites (N-methyl/N-ethyl adjacent to an activating group) is 1. The predicted molar refractivity (Wildman–Crippen MR) is 73.7 cm³/mol. The smallest absolute Gasteiger partial charge is 0.317 e. The van der Waals surface area contributed by atoms with Gasteiger partial charge in [-0.3, -0.25) is 0 Å². The number of nitrogens with zero attached hydrogens (tertiary/aromatic N) is 1. The molecule has 4 fully saturated rings. The van der Waals surface area contributed by atoms with E-state index in [9.17, 15) is 4.79 Å². The topological polar surface area (TPSA) is 52.6 Å². The average Bonchev–Trinajstić information content (AvgIpc) is 2.39. The van der Waals surface area contributed by atoms with Crippen LogP contribution in [0.15, 0.2) is 0 Å². The van der Waals surface area contributed by atoms with E-state index in [4.69, 9.17) is 5.11 Å². The molecule has 2 N–H and O–H groups in total. The fourth-order valence-electron chi connectivity index (χ4n) is 4.92. The van der Waals surface area contributed by atoms with Gasteiger partial charge in [0.2, 0.25) is 0 Å². The molecule has 4 aliphatic carbocycles. The molecule has 4 rings (SSSR count). The fraction of sp³-hybridized carbons (Fsp3) is 0.933. The highest BCUT2D eigenvalue weighted by molar-refractivity contribution is 5.74. The maximum atomic E-state index is 12.3. The van der Waals surface area contributed by atoms with Gasteiger partial charge in [0, 0.05) is 19.1 Å². The molecule has 0 saturated heterocycles. The maximum absolute atomic E-state index is 12.3. The van der Waals surface area contributed by atoms with E-state index in [2.05, 4.69) is 5.32 Å². The van der Waals surface area contributed by atoms with E-state index in [1.807, 2.05) is 6.92 Å². The average molecular weight is 266 g/mol. The summed E-state index contributed by atoms with van der Waals surface area (Å²) in [5.74, 6) is 3.31. The largest absolute Gasteiger partial charge is 0.395 e. The van der Waals surface area contributed by atoms with Crippen LogP contribution in [0, 0.1) is 23.7 Å². The van der Waals surface area contributed by atoms with Gasteiger partial charge in [-0.2, -0.15) is 0 Å². The highest BCUT2D eigenvalue weighted by Gasteiger charge is 2.48. The van der Waals surface area contributed by atoms with Crippen LogP contribution in [0.3, 0.4) is 0 Å². The van der Waals surface area contributed by atoms with Crippen molar-refractivity contribution < 1.29 is 9.90 Å². The summed E-state index contributed by atoms with van der Waals surface area (Å²) >= 11 is 0. The van der Waals surface area contributed by atoms with E-state index in [0.29, 0.717) is 31.0 Å². The molecule has 108 valence electrons. The lowest BCUT2D eigenvalue weighted by Crippen LogP contribution is -2.58. The Morgan fingerprint density at radius 1 is 1.16 bits per heavy atom. The first kappa shape index (κ1) is 13.2. The molecule has 4 aliphatic rings. The lowest BCUT2D eigenvalue weighted by Gasteiger charge is -2.54. The number of carbonyl (C=O) groups excluding carboxylic acids is 1. The molecule has 4 saturated carbocycles. The van der Waals surface area contributed by atoms with Crippen molar-refractivity contribution in [2.45, 2.75) is 45.1 Å². The minimum absolute atomic E-state index is 0.0222. The zero-order valence-corrected chi connectivity index (χ0v) is 11.8. The third-order valence-corrected chi connectivity index (χ3v) is 5.56. The molecule has 0 atom stereocenters. The first-order valence-corrected chi connectivity index (χ1v) is 7.87. The quantitative estimate of drug-likeness (QED) is 0.815. The lowest BCUT2D eigenvalue weighted by atomic mass is 9.54. The number of rotatable bonds is 4. The van der Waals surface area contributed by atoms with Gasteiger partial charge in [0.1, 0.15) is 0 Å². The Bertz CT molecular complexity index is 317. The predicted octanol–water partition coefficient (Wildman–Crippen LogP) is 1.83. The Morgan fingerprint density at radius 3 is 2.21 bits per heavy atom. The van der Waals surface area contributed by atoms with Gasteiger partial charge in [-0.05, 0) is 62.7 Å². The third kappa shape index (κ3) is 2.47. The molecular formula is C15H26N2O2. The molecule has 0 aliphatic heterocycles. The van der Waals surface area contributed by atoms with Crippen LogP contribution in [0.5, 0.6) is 0 Å². The highest BCUT2D eigenvalue weighted by Crippen LogP contribution is 2.53. The van der Waals surface area contributed by atoms with Crippen LogP contribution in [-0.2, 0) is 0 Å². The van der Waals surface area contributed by atoms with Crippen molar-refractivity contribution in [3.63, 3.8) is 0 Å². The highest BCUT2D eigenvalue weighted by atomic mass is 16.3. The molecule has 4 heteroatoms. The van der Waals surface area contributed by atoms with E-state index >= 15 is 0 Å². The van der Waals surface area contributed by atoms with E-state index in [-0.39, 0.29) is 12.6 Å². The monoisotopic (exact) mass is 266 g/mol. The Labute approximate surface area is 115 Å². The summed E-state index contributed by atoms with van der Waals surface area (Å²) in [7, 11) is 0. The first-order valence-electron chi connectivity index (χ1n) is 7.87. The van der Waals surface area contributed by atoms with Gasteiger partial charge in [-0.1, -0.05) is 0 Å². The Hall–Kier alpha value is -0.770. The molecule has 0 aromatic carbocycles. The van der Waals surface area contributed by atoms with Gasteiger partial charge in [-0.15, -0.1) is 0 Å². The van der Waals surface area contributed by atoms with Crippen molar-refractivity contribution in [3.8, 4) is 0 Å². The SMILES string of the molecule is CCN(CCO)C(=O)NC1C2CC3CC(C2)CC1C3. The second kappa shape index (κ2) is 5.31. The van der Waals surface area contributed by atoms with E-state index in [1.54, 1.807) is 4.90 Å². The van der Waals surface area contributed by atoms with Gasteiger partial charge in [0.15, 0.2) is 0 Å². The lowest BCUT2D eigenvalue weighted by molar-refractivity contribution is -0.0111. The molecule has 0 aromatic rings. The van der Waals surface area contributed by atoms with Crippen molar-refractivity contribution in [1.29, 1.82) is 0 Å². The standard InChI is InChI=1S/C15H26N2O2/c1-2-17(3-4-18)15(19)16-14-12-6-10-5-11(8-12)9-13(14)7-10/h10-14,18H,2-9H2,1H3,(H,16,19). The fourth-order valence-corrected chi connectivity index (χ4v) is 4.92. The van der Waals surface area contributed by atoms with Crippen LogP contribution in [0.4, 0.5) is 4.79 Å². The summed E-state index contributed by atoms with van der Waals surface area (Å²) < 4.78 is 0. The molecule has 4 bridgehead atoms. The summed E-state index contributed by atoms with van der Waals surface area (Å²) in [5.41, 5.74) is 0. The number of urea groups is 1. The Kier molecular flexibility index (Phi) is 3.70. The molecule has 19 heavy (non-hydrogen) atoms. The van der Waals surface area contributed by atoms with Gasteiger partial charge in [0.25, 0.3) is 0 Å². The minimum Gasteiger partial charge on any atom is -0.395 e. The van der Waals surface area contributed by atoms with Crippen molar-refractivity contribution in [1.82, 2.24) is 10.2 Å². The van der Waals surface area contributed by atoms with Crippen molar-refractivity contribution >= 4 is 6.03 Å². The number of carbonyl (C=O) groups is 1. The molecule has 0 spiro atoms. The van der Waals surface area contributed by atoms with Crippen LogP contribution >= 0.6 is 0 Å². The Morgan fingerprint density at radius 2 is 1.74 bits per heavy atom. The van der Waals surface area contributed by atoms with Gasteiger partial charge in [0.05, 0.1) is 6.61 Å². The van der Waals surface area contributed by atoms with Crippen LogP contribution < -0.4 is 5.32 Å². The van der Waals surface area contributed by atoms with Crippen molar-refractivity contribution in [2.75, 3.05) is 19.7 Å². The summed E-state index contributed by atoms with van der Waals surface area (Å²) in [6.45, 7) is 3.12. The zero-order valence-electron chi connectivity index (χ0n) is 11.8. The second-order valence-electron chi connectivity index (χ2n) is 6.71. The molecular weight excluding hydrogens is 240 g/mol. The van der Waals surface area contributed by atoms with Crippen LogP contribution in [0.1, 0.15) is 39.0 Å². The molecule has 0 aromatic heterocycles. The number of hydrogen-bond donors (Lipinski definition) is 2. The minimum atomic E-state index is 0.0222. The van der Waals surface area contributed by atoms with Gasteiger partial charge < -0.3 is 15.3 Å². The molecule has 0 unspecified atom stereocenters. The summed E-state index contributed by atoms with van der Waals surface area (Å²) in [6.07, 6.45) is 6.74. The van der Waals surface area contributed by atoms with Gasteiger partial charge >= 0.3 is 6.03 Å². The van der Waals surface area contributed by atoms with E-state index < -0.39 is 0 Å². The number of aliphatic hydroxyl groups is 1. The van der Waals surface area contributed by atoms with Crippen LogP contribution in [0.2, 0.25) is 0 Å². The Balaban J connectivity index is 1.62. The van der Waals surface area contributed by atoms with Crippen molar-refractivity contribution in [2.24, 2.45) is 23.7 Å². The summed E-state index contributed by atoms with van der Waals surface area (Å²) in [5, 5.41) is 12.3. The molecule has 0 heterocycles. The number of nitrogens with one attached hydrogen (secondary N) is 1. The molecule has 4 nitrogen and oxygen atoms in total. The second-order valence-corrected chi connectivity index (χ2v) is 6.71. The van der Waals surface area contributed by atoms with E-state index in [0.717, 1.165) is 11.8 Å². The molecule has 2 amide bonds. The first-order chi connectivity index (χ1) is 9.21. The number of hydrogen-bond acceptors (Lipinski definition) is 2. The molecule has 0 radical (unpaired) electrons. The third-order valence-electron chi connectivity index (χ3n) is 5.56. The zero-order chi connectivity index (χ0) is 13.4. The maximum Gasteiger partial charge on any atom is 0.317 e. The summed E-state index contributed by atoms with van der Waals surface area (Å²) in [4.78, 5) is 14.0.